The summed E-state index contributed by atoms with van der Waals surface area (Å²) in [6.45, 7) is 4.18. The molecule has 19 heavy (non-hydrogen) atoms. The standard InChI is InChI=1S/C14H26N4O/c1-9(7-19)6-18-8-16-12-13(18)10-4-2-3-5-11(10)17-14(12)15/h9-13,16,19H,2-8H2,1H3,(H2,15,17). The van der Waals surface area contributed by atoms with E-state index in [1.54, 1.807) is 0 Å². The van der Waals surface area contributed by atoms with Crippen LogP contribution < -0.4 is 11.1 Å². The predicted molar refractivity (Wildman–Crippen MR) is 75.9 cm³/mol. The predicted octanol–water partition coefficient (Wildman–Crippen LogP) is 0.144. The van der Waals surface area contributed by atoms with Crippen LogP contribution in [0.2, 0.25) is 0 Å². The number of hydrogen-bond acceptors (Lipinski definition) is 5. The van der Waals surface area contributed by atoms with Gasteiger partial charge in [-0.05, 0) is 24.7 Å². The van der Waals surface area contributed by atoms with Crippen molar-refractivity contribution in [2.45, 2.75) is 50.7 Å². The summed E-state index contributed by atoms with van der Waals surface area (Å²) in [6, 6.07) is 1.14. The monoisotopic (exact) mass is 266 g/mol. The molecule has 1 aliphatic carbocycles. The van der Waals surface area contributed by atoms with Gasteiger partial charge in [0.15, 0.2) is 0 Å². The van der Waals surface area contributed by atoms with Gasteiger partial charge in [-0.2, -0.15) is 0 Å². The first kappa shape index (κ1) is 13.3. The quantitative estimate of drug-likeness (QED) is 0.679. The van der Waals surface area contributed by atoms with Crippen LogP contribution in [0.25, 0.3) is 0 Å². The molecular formula is C14H26N4O. The zero-order valence-electron chi connectivity index (χ0n) is 11.8. The van der Waals surface area contributed by atoms with E-state index in [0.29, 0.717) is 23.9 Å². The third kappa shape index (κ3) is 2.39. The van der Waals surface area contributed by atoms with Gasteiger partial charge in [-0.1, -0.05) is 19.8 Å². The lowest BCUT2D eigenvalue weighted by Crippen LogP contribution is -2.57. The molecule has 0 amide bonds. The molecule has 5 heteroatoms. The number of fused-ring (bicyclic) bond motifs is 3. The highest BCUT2D eigenvalue weighted by molar-refractivity contribution is 5.88. The maximum atomic E-state index is 9.28. The van der Waals surface area contributed by atoms with Crippen molar-refractivity contribution < 1.29 is 5.11 Å². The molecule has 4 N–H and O–H groups in total. The molecule has 2 aliphatic heterocycles. The van der Waals surface area contributed by atoms with E-state index >= 15 is 0 Å². The number of amidine groups is 1. The minimum absolute atomic E-state index is 0.227. The van der Waals surface area contributed by atoms with E-state index in [2.05, 4.69) is 17.1 Å². The molecule has 2 fully saturated rings. The molecule has 3 rings (SSSR count). The first-order valence-electron chi connectivity index (χ1n) is 7.62. The van der Waals surface area contributed by atoms with Gasteiger partial charge in [0.05, 0.1) is 12.1 Å². The van der Waals surface area contributed by atoms with Crippen molar-refractivity contribution in [3.05, 3.63) is 0 Å². The fraction of sp³-hybridized carbons (Fsp3) is 0.929. The van der Waals surface area contributed by atoms with Crippen molar-refractivity contribution in [1.29, 1.82) is 0 Å². The first-order chi connectivity index (χ1) is 9.20. The Morgan fingerprint density at radius 2 is 2.26 bits per heavy atom. The zero-order valence-corrected chi connectivity index (χ0v) is 11.8. The van der Waals surface area contributed by atoms with Crippen molar-refractivity contribution >= 4 is 5.84 Å². The van der Waals surface area contributed by atoms with Crippen LogP contribution in [0.4, 0.5) is 0 Å². The number of aliphatic hydroxyl groups excluding tert-OH is 1. The Balaban J connectivity index is 1.79. The molecule has 5 unspecified atom stereocenters. The maximum Gasteiger partial charge on any atom is 0.113 e. The summed E-state index contributed by atoms with van der Waals surface area (Å²) < 4.78 is 0. The molecule has 1 saturated heterocycles. The Morgan fingerprint density at radius 3 is 3.05 bits per heavy atom. The van der Waals surface area contributed by atoms with E-state index < -0.39 is 0 Å². The van der Waals surface area contributed by atoms with Crippen LogP contribution in [0.15, 0.2) is 4.99 Å². The lowest BCUT2D eigenvalue weighted by Gasteiger charge is -2.43. The molecule has 5 nitrogen and oxygen atoms in total. The van der Waals surface area contributed by atoms with E-state index in [4.69, 9.17) is 10.7 Å². The number of hydrogen-bond donors (Lipinski definition) is 3. The largest absolute Gasteiger partial charge is 0.396 e. The Morgan fingerprint density at radius 1 is 1.47 bits per heavy atom. The molecule has 0 aromatic rings. The lowest BCUT2D eigenvalue weighted by molar-refractivity contribution is 0.105. The van der Waals surface area contributed by atoms with Gasteiger partial charge in [-0.25, -0.2) is 0 Å². The average Bonchev–Trinajstić information content (AvgIpc) is 2.83. The van der Waals surface area contributed by atoms with Crippen molar-refractivity contribution in [2.24, 2.45) is 22.6 Å². The fourth-order valence-corrected chi connectivity index (χ4v) is 4.06. The van der Waals surface area contributed by atoms with Crippen LogP contribution in [-0.4, -0.2) is 53.8 Å². The highest BCUT2D eigenvalue weighted by atomic mass is 16.3. The summed E-state index contributed by atoms with van der Waals surface area (Å²) >= 11 is 0. The molecule has 0 aromatic carbocycles. The van der Waals surface area contributed by atoms with Crippen LogP contribution in [0.5, 0.6) is 0 Å². The molecule has 0 spiro atoms. The third-order valence-electron chi connectivity index (χ3n) is 4.99. The molecule has 3 aliphatic rings. The zero-order chi connectivity index (χ0) is 13.4. The molecular weight excluding hydrogens is 240 g/mol. The Hall–Kier alpha value is -0.650. The van der Waals surface area contributed by atoms with Crippen LogP contribution >= 0.6 is 0 Å². The molecule has 0 radical (unpaired) electrons. The summed E-state index contributed by atoms with van der Waals surface area (Å²) in [6.07, 6.45) is 5.07. The van der Waals surface area contributed by atoms with Gasteiger partial charge in [0, 0.05) is 25.9 Å². The van der Waals surface area contributed by atoms with E-state index in [9.17, 15) is 5.11 Å². The molecule has 1 saturated carbocycles. The number of aliphatic hydroxyl groups is 1. The maximum absolute atomic E-state index is 9.28. The van der Waals surface area contributed by atoms with E-state index in [1.807, 2.05) is 0 Å². The average molecular weight is 266 g/mol. The van der Waals surface area contributed by atoms with Crippen LogP contribution in [-0.2, 0) is 0 Å². The van der Waals surface area contributed by atoms with Crippen molar-refractivity contribution in [3.63, 3.8) is 0 Å². The van der Waals surface area contributed by atoms with Crippen molar-refractivity contribution in [1.82, 2.24) is 10.2 Å². The smallest absolute Gasteiger partial charge is 0.113 e. The number of nitrogens with one attached hydrogen (secondary N) is 1. The SMILES string of the molecule is CC(CO)CN1CNC2C(N)=NC3CCCCC3C21. The van der Waals surface area contributed by atoms with Gasteiger partial charge in [0.25, 0.3) is 0 Å². The summed E-state index contributed by atoms with van der Waals surface area (Å²) in [5.74, 6) is 1.77. The second-order valence-corrected chi connectivity index (χ2v) is 6.46. The van der Waals surface area contributed by atoms with E-state index in [-0.39, 0.29) is 12.6 Å². The lowest BCUT2D eigenvalue weighted by atomic mass is 9.75. The summed E-state index contributed by atoms with van der Waals surface area (Å²) in [7, 11) is 0. The number of rotatable bonds is 3. The molecule has 108 valence electrons. The van der Waals surface area contributed by atoms with Gasteiger partial charge >= 0.3 is 0 Å². The molecule has 2 heterocycles. The summed E-state index contributed by atoms with van der Waals surface area (Å²) in [5.41, 5.74) is 6.16. The minimum Gasteiger partial charge on any atom is -0.396 e. The first-order valence-corrected chi connectivity index (χ1v) is 7.62. The minimum atomic E-state index is 0.227. The van der Waals surface area contributed by atoms with Gasteiger partial charge in [-0.3, -0.25) is 15.2 Å². The highest BCUT2D eigenvalue weighted by Crippen LogP contribution is 2.37. The molecule has 5 atom stereocenters. The van der Waals surface area contributed by atoms with Gasteiger partial charge < -0.3 is 10.8 Å². The second kappa shape index (κ2) is 5.38. The summed E-state index contributed by atoms with van der Waals surface area (Å²) in [4.78, 5) is 7.22. The van der Waals surface area contributed by atoms with Crippen LogP contribution in [0, 0.1) is 11.8 Å². The Labute approximate surface area is 115 Å². The Bertz CT molecular complexity index is 359. The van der Waals surface area contributed by atoms with E-state index in [0.717, 1.165) is 19.0 Å². The summed E-state index contributed by atoms with van der Waals surface area (Å²) in [5, 5.41) is 12.8. The van der Waals surface area contributed by atoms with Crippen LogP contribution in [0.3, 0.4) is 0 Å². The van der Waals surface area contributed by atoms with Crippen LogP contribution in [0.1, 0.15) is 32.6 Å². The number of aliphatic imine (C=N–C) groups is 1. The molecule has 0 aromatic heterocycles. The van der Waals surface area contributed by atoms with Gasteiger partial charge in [0.1, 0.15) is 5.84 Å². The third-order valence-corrected chi connectivity index (χ3v) is 4.99. The number of nitrogens with zero attached hydrogens (tertiary/aromatic N) is 2. The Kier molecular flexibility index (Phi) is 3.78. The van der Waals surface area contributed by atoms with E-state index in [1.165, 1.54) is 25.7 Å². The topological polar surface area (TPSA) is 73.9 Å². The van der Waals surface area contributed by atoms with Gasteiger partial charge in [0.2, 0.25) is 0 Å². The fourth-order valence-electron chi connectivity index (χ4n) is 4.06. The van der Waals surface area contributed by atoms with Crippen molar-refractivity contribution in [3.8, 4) is 0 Å². The van der Waals surface area contributed by atoms with Gasteiger partial charge in [-0.15, -0.1) is 0 Å². The van der Waals surface area contributed by atoms with Crippen molar-refractivity contribution in [2.75, 3.05) is 19.8 Å². The normalized spacial score (nSPS) is 40.4. The second-order valence-electron chi connectivity index (χ2n) is 6.46. The highest BCUT2D eigenvalue weighted by Gasteiger charge is 2.47. The molecule has 0 bridgehead atoms. The number of nitrogens with two attached hydrogens (primary N) is 1.